The molecule has 0 saturated carbocycles. The Morgan fingerprint density at radius 1 is 1.21 bits per heavy atom. The van der Waals surface area contributed by atoms with Gasteiger partial charge in [-0.05, 0) is 40.5 Å². The summed E-state index contributed by atoms with van der Waals surface area (Å²) in [5, 5.41) is 11.5. The molecule has 3 nitrogen and oxygen atoms in total. The highest BCUT2D eigenvalue weighted by Crippen LogP contribution is 2.36. The molecule has 0 aromatic heterocycles. The Balaban J connectivity index is 1.96. The molecule has 2 aromatic rings. The first-order chi connectivity index (χ1) is 9.28. The van der Waals surface area contributed by atoms with Crippen LogP contribution in [-0.4, -0.2) is 11.4 Å². The standard InChI is InChI=1S/C15H12FNO2/c16-13-4-2-11(3-5-13)15-14-6-1-10(8-17-18)7-12(14)9-19-15/h1-8,15,18H,9H2/b17-8+. The Bertz CT molecular complexity index is 623. The third-order valence-electron chi connectivity index (χ3n) is 3.23. The van der Waals surface area contributed by atoms with Gasteiger partial charge in [-0.15, -0.1) is 0 Å². The maximum atomic E-state index is 12.9. The van der Waals surface area contributed by atoms with Crippen LogP contribution in [0.3, 0.4) is 0 Å². The van der Waals surface area contributed by atoms with Gasteiger partial charge in [0.25, 0.3) is 0 Å². The van der Waals surface area contributed by atoms with Gasteiger partial charge in [-0.25, -0.2) is 4.39 Å². The maximum absolute atomic E-state index is 12.9. The van der Waals surface area contributed by atoms with Crippen LogP contribution < -0.4 is 0 Å². The molecule has 3 rings (SSSR count). The Kier molecular flexibility index (Phi) is 3.01. The summed E-state index contributed by atoms with van der Waals surface area (Å²) >= 11 is 0. The van der Waals surface area contributed by atoms with Crippen molar-refractivity contribution < 1.29 is 14.3 Å². The first-order valence-electron chi connectivity index (χ1n) is 5.95. The largest absolute Gasteiger partial charge is 0.411 e. The average molecular weight is 257 g/mol. The minimum Gasteiger partial charge on any atom is -0.411 e. The zero-order valence-electron chi connectivity index (χ0n) is 10.1. The van der Waals surface area contributed by atoms with Gasteiger partial charge in [-0.2, -0.15) is 0 Å². The molecule has 1 heterocycles. The van der Waals surface area contributed by atoms with Crippen molar-refractivity contribution in [3.05, 3.63) is 70.5 Å². The fourth-order valence-corrected chi connectivity index (χ4v) is 2.33. The predicted octanol–water partition coefficient (Wildman–Crippen LogP) is 3.25. The smallest absolute Gasteiger partial charge is 0.123 e. The fourth-order valence-electron chi connectivity index (χ4n) is 2.33. The summed E-state index contributed by atoms with van der Waals surface area (Å²) in [7, 11) is 0. The van der Waals surface area contributed by atoms with E-state index in [4.69, 9.17) is 9.94 Å². The Labute approximate surface area is 110 Å². The van der Waals surface area contributed by atoms with Gasteiger partial charge in [0.05, 0.1) is 12.8 Å². The predicted molar refractivity (Wildman–Crippen MR) is 68.9 cm³/mol. The molecule has 1 atom stereocenters. The maximum Gasteiger partial charge on any atom is 0.123 e. The van der Waals surface area contributed by atoms with E-state index in [1.54, 1.807) is 12.1 Å². The van der Waals surface area contributed by atoms with Gasteiger partial charge in [0.15, 0.2) is 0 Å². The van der Waals surface area contributed by atoms with Gasteiger partial charge in [-0.1, -0.05) is 29.4 Å². The zero-order chi connectivity index (χ0) is 13.2. The lowest BCUT2D eigenvalue weighted by atomic mass is 9.98. The van der Waals surface area contributed by atoms with Crippen molar-refractivity contribution in [2.45, 2.75) is 12.7 Å². The fraction of sp³-hybridized carbons (Fsp3) is 0.133. The molecule has 1 N–H and O–H groups in total. The number of halogens is 1. The molecule has 0 radical (unpaired) electrons. The lowest BCUT2D eigenvalue weighted by molar-refractivity contribution is 0.0939. The summed E-state index contributed by atoms with van der Waals surface area (Å²) in [6.07, 6.45) is 1.22. The van der Waals surface area contributed by atoms with Gasteiger partial charge >= 0.3 is 0 Å². The van der Waals surface area contributed by atoms with E-state index >= 15 is 0 Å². The normalized spacial score (nSPS) is 17.8. The van der Waals surface area contributed by atoms with Crippen LogP contribution in [-0.2, 0) is 11.3 Å². The van der Waals surface area contributed by atoms with Crippen molar-refractivity contribution >= 4 is 6.21 Å². The Morgan fingerprint density at radius 3 is 2.74 bits per heavy atom. The minimum atomic E-state index is -0.253. The van der Waals surface area contributed by atoms with Crippen LogP contribution in [0.25, 0.3) is 0 Å². The van der Waals surface area contributed by atoms with E-state index in [-0.39, 0.29) is 11.9 Å². The number of hydrogen-bond donors (Lipinski definition) is 1. The second kappa shape index (κ2) is 4.82. The Morgan fingerprint density at radius 2 is 2.00 bits per heavy atom. The number of ether oxygens (including phenoxy) is 1. The summed E-state index contributed by atoms with van der Waals surface area (Å²) in [4.78, 5) is 0. The van der Waals surface area contributed by atoms with Gasteiger partial charge in [0.2, 0.25) is 0 Å². The molecule has 96 valence electrons. The highest BCUT2D eigenvalue weighted by Gasteiger charge is 2.24. The number of hydrogen-bond acceptors (Lipinski definition) is 3. The van der Waals surface area contributed by atoms with Crippen molar-refractivity contribution in [2.75, 3.05) is 0 Å². The van der Waals surface area contributed by atoms with Crippen LogP contribution in [0.4, 0.5) is 4.39 Å². The second-order valence-corrected chi connectivity index (χ2v) is 4.45. The summed E-state index contributed by atoms with van der Waals surface area (Å²) in [6, 6.07) is 12.1. The lowest BCUT2D eigenvalue weighted by Crippen LogP contribution is -1.98. The monoisotopic (exact) mass is 257 g/mol. The highest BCUT2D eigenvalue weighted by molar-refractivity contribution is 5.79. The van der Waals surface area contributed by atoms with E-state index < -0.39 is 0 Å². The van der Waals surface area contributed by atoms with Crippen molar-refractivity contribution in [3.8, 4) is 0 Å². The third-order valence-corrected chi connectivity index (χ3v) is 3.23. The van der Waals surface area contributed by atoms with E-state index in [1.165, 1.54) is 18.3 Å². The molecule has 0 spiro atoms. The molecule has 0 saturated heterocycles. The van der Waals surface area contributed by atoms with Crippen LogP contribution in [0.5, 0.6) is 0 Å². The summed E-state index contributed by atoms with van der Waals surface area (Å²) in [6.45, 7) is 0.504. The molecule has 4 heteroatoms. The van der Waals surface area contributed by atoms with Crippen LogP contribution >= 0.6 is 0 Å². The second-order valence-electron chi connectivity index (χ2n) is 4.45. The van der Waals surface area contributed by atoms with Crippen LogP contribution in [0.15, 0.2) is 47.6 Å². The molecule has 2 aromatic carbocycles. The molecule has 1 aliphatic heterocycles. The molecule has 0 bridgehead atoms. The number of fused-ring (bicyclic) bond motifs is 1. The van der Waals surface area contributed by atoms with E-state index in [0.717, 1.165) is 22.3 Å². The van der Waals surface area contributed by atoms with Crippen molar-refractivity contribution in [2.24, 2.45) is 5.16 Å². The molecule has 19 heavy (non-hydrogen) atoms. The number of benzene rings is 2. The minimum absolute atomic E-state index is 0.157. The van der Waals surface area contributed by atoms with Crippen molar-refractivity contribution in [1.82, 2.24) is 0 Å². The number of nitrogens with zero attached hydrogens (tertiary/aromatic N) is 1. The first kappa shape index (κ1) is 11.9. The summed E-state index contributed by atoms with van der Waals surface area (Å²) < 4.78 is 18.7. The first-order valence-corrected chi connectivity index (χ1v) is 5.95. The summed E-state index contributed by atoms with van der Waals surface area (Å²) in [5.74, 6) is -0.253. The summed E-state index contributed by atoms with van der Waals surface area (Å²) in [5.41, 5.74) is 3.89. The Hall–Kier alpha value is -2.20. The molecule has 0 fully saturated rings. The molecular formula is C15H12FNO2. The van der Waals surface area contributed by atoms with Gasteiger partial charge in [-0.3, -0.25) is 0 Å². The van der Waals surface area contributed by atoms with E-state index in [2.05, 4.69) is 5.16 Å². The van der Waals surface area contributed by atoms with E-state index in [9.17, 15) is 4.39 Å². The van der Waals surface area contributed by atoms with Crippen molar-refractivity contribution in [1.29, 1.82) is 0 Å². The molecular weight excluding hydrogens is 245 g/mol. The SMILES string of the molecule is O/N=C/c1ccc2c(c1)COC2c1ccc(F)cc1. The number of rotatable bonds is 2. The van der Waals surface area contributed by atoms with Gasteiger partial charge in [0, 0.05) is 0 Å². The van der Waals surface area contributed by atoms with Gasteiger partial charge < -0.3 is 9.94 Å². The van der Waals surface area contributed by atoms with Crippen LogP contribution in [0.2, 0.25) is 0 Å². The quantitative estimate of drug-likeness (QED) is 0.509. The third kappa shape index (κ3) is 2.22. The van der Waals surface area contributed by atoms with E-state index in [1.807, 2.05) is 18.2 Å². The average Bonchev–Trinajstić information content (AvgIpc) is 2.83. The highest BCUT2D eigenvalue weighted by atomic mass is 19.1. The van der Waals surface area contributed by atoms with E-state index in [0.29, 0.717) is 6.61 Å². The molecule has 0 amide bonds. The molecule has 1 unspecified atom stereocenters. The topological polar surface area (TPSA) is 41.8 Å². The van der Waals surface area contributed by atoms with Crippen LogP contribution in [0, 0.1) is 5.82 Å². The lowest BCUT2D eigenvalue weighted by Gasteiger charge is -2.11. The van der Waals surface area contributed by atoms with Gasteiger partial charge in [0.1, 0.15) is 11.9 Å². The molecule has 0 aliphatic carbocycles. The van der Waals surface area contributed by atoms with Crippen LogP contribution in [0.1, 0.15) is 28.4 Å². The number of oxime groups is 1. The zero-order valence-corrected chi connectivity index (χ0v) is 10.1. The van der Waals surface area contributed by atoms with Crippen molar-refractivity contribution in [3.63, 3.8) is 0 Å². The molecule has 1 aliphatic rings.